The molecule has 11 nitrogen and oxygen atoms in total. The molecule has 6 rings (SSSR count). The van der Waals surface area contributed by atoms with Crippen LogP contribution in [-0.2, 0) is 4.74 Å². The van der Waals surface area contributed by atoms with Gasteiger partial charge in [0.1, 0.15) is 42.5 Å². The van der Waals surface area contributed by atoms with Gasteiger partial charge in [0.05, 0.1) is 17.5 Å². The number of aliphatic hydroxyl groups excluding tert-OH is 3. The van der Waals surface area contributed by atoms with E-state index in [-0.39, 0.29) is 17.1 Å². The lowest BCUT2D eigenvalue weighted by molar-refractivity contribution is -0.210. The van der Waals surface area contributed by atoms with Crippen molar-refractivity contribution in [2.45, 2.75) is 30.5 Å². The summed E-state index contributed by atoms with van der Waals surface area (Å²) in [7, 11) is 0. The summed E-state index contributed by atoms with van der Waals surface area (Å²) in [6.07, 6.45) is -2.70. The second-order valence-electron chi connectivity index (χ2n) is 8.80. The summed E-state index contributed by atoms with van der Waals surface area (Å²) < 4.78 is 54.4. The lowest BCUT2D eigenvalue weighted by atomic mass is 9.92. The van der Waals surface area contributed by atoms with E-state index in [1.54, 1.807) is 16.7 Å². The highest BCUT2D eigenvalue weighted by atomic mass is 35.5. The minimum Gasteiger partial charge on any atom is -0.394 e. The highest BCUT2D eigenvalue weighted by Crippen LogP contribution is 2.39. The van der Waals surface area contributed by atoms with Crippen molar-refractivity contribution in [3.05, 3.63) is 71.3 Å². The summed E-state index contributed by atoms with van der Waals surface area (Å²) in [5, 5.41) is 49.2. The Bertz CT molecular complexity index is 1660. The Morgan fingerprint density at radius 2 is 1.82 bits per heavy atom. The van der Waals surface area contributed by atoms with Crippen LogP contribution in [0.25, 0.3) is 27.0 Å². The first kappa shape index (κ1) is 25.8. The van der Waals surface area contributed by atoms with E-state index in [4.69, 9.17) is 16.3 Å². The van der Waals surface area contributed by atoms with Gasteiger partial charge in [-0.1, -0.05) is 16.8 Å². The van der Waals surface area contributed by atoms with Crippen molar-refractivity contribution < 1.29 is 33.2 Å². The molecule has 202 valence electrons. The molecule has 1 aliphatic heterocycles. The van der Waals surface area contributed by atoms with Crippen LogP contribution in [0, 0.1) is 17.5 Å². The Balaban J connectivity index is 1.36. The van der Waals surface area contributed by atoms with Gasteiger partial charge in [-0.05, 0) is 41.9 Å². The van der Waals surface area contributed by atoms with E-state index >= 15 is 0 Å². The van der Waals surface area contributed by atoms with Gasteiger partial charge >= 0.3 is 0 Å². The van der Waals surface area contributed by atoms with E-state index in [2.05, 4.69) is 24.9 Å². The monoisotopic (exact) mass is 579 g/mol. The van der Waals surface area contributed by atoms with Gasteiger partial charge in [-0.3, -0.25) is 4.57 Å². The molecule has 0 unspecified atom stereocenters. The minimum atomic E-state index is -1.63. The second kappa shape index (κ2) is 9.93. The van der Waals surface area contributed by atoms with Crippen LogP contribution < -0.4 is 0 Å². The van der Waals surface area contributed by atoms with Gasteiger partial charge in [0.15, 0.2) is 28.4 Å². The fourth-order valence-corrected chi connectivity index (χ4v) is 5.61. The Labute approximate surface area is 225 Å². The lowest BCUT2D eigenvalue weighted by Gasteiger charge is -2.41. The van der Waals surface area contributed by atoms with Crippen LogP contribution in [0.2, 0.25) is 5.15 Å². The zero-order valence-corrected chi connectivity index (χ0v) is 21.0. The van der Waals surface area contributed by atoms with Crippen molar-refractivity contribution in [1.29, 1.82) is 0 Å². The number of rotatable bonds is 5. The van der Waals surface area contributed by atoms with Gasteiger partial charge < -0.3 is 20.1 Å². The molecule has 4 heterocycles. The minimum absolute atomic E-state index is 0.0459. The molecule has 1 fully saturated rings. The Morgan fingerprint density at radius 1 is 1.05 bits per heavy atom. The molecule has 0 spiro atoms. The van der Waals surface area contributed by atoms with Crippen LogP contribution in [-0.4, -0.2) is 74.4 Å². The zero-order valence-electron chi connectivity index (χ0n) is 19.4. The van der Waals surface area contributed by atoms with Crippen molar-refractivity contribution in [2.24, 2.45) is 0 Å². The Hall–Kier alpha value is -3.47. The van der Waals surface area contributed by atoms with Gasteiger partial charge in [-0.2, -0.15) is 4.37 Å². The van der Waals surface area contributed by atoms with Crippen molar-refractivity contribution in [1.82, 2.24) is 34.1 Å². The van der Waals surface area contributed by atoms with E-state index < -0.39 is 54.5 Å². The van der Waals surface area contributed by atoms with Crippen molar-refractivity contribution in [2.75, 3.05) is 6.61 Å². The Kier molecular flexibility index (Phi) is 6.57. The summed E-state index contributed by atoms with van der Waals surface area (Å²) in [6.45, 7) is -0.615. The van der Waals surface area contributed by atoms with Crippen LogP contribution in [0.3, 0.4) is 0 Å². The number of hydrogen-bond donors (Lipinski definition) is 3. The zero-order chi connectivity index (χ0) is 27.4. The van der Waals surface area contributed by atoms with E-state index in [0.717, 1.165) is 26.9 Å². The van der Waals surface area contributed by atoms with Gasteiger partial charge in [0, 0.05) is 16.6 Å². The third kappa shape index (κ3) is 4.36. The molecule has 5 aromatic rings. The first-order valence-electron chi connectivity index (χ1n) is 11.4. The highest BCUT2D eigenvalue weighted by molar-refractivity contribution is 7.13. The highest BCUT2D eigenvalue weighted by Gasteiger charge is 2.48. The average molecular weight is 580 g/mol. The lowest BCUT2D eigenvalue weighted by Crippen LogP contribution is -2.53. The molecule has 1 aliphatic rings. The predicted octanol–water partition coefficient (Wildman–Crippen LogP) is 2.60. The molecule has 3 aromatic heterocycles. The maximum absolute atomic E-state index is 13.8. The SMILES string of the molecule is OC[C@H]1O[C@@H](c2nncn2-c2ccc3c(Cl)nsc3c2)[C@H](O)[C@@H](n2cc(-c3cc(F)c(F)c(F)c3)nn2)[C@H]1O. The fourth-order valence-electron chi connectivity index (χ4n) is 4.57. The standard InChI is InChI=1S/C23H17ClF3N7O4S/c24-22-11-2-1-10(5-16(11)39-31-22)33-8-28-30-23(33)21-20(37)18(19(36)15(7-35)38-21)34-6-14(29-32-34)9-3-12(25)17(27)13(26)4-9/h1-6,8,15,18-21,35-37H,7H2/t15-,18+,19+,20-,21-/m1/s1. The Morgan fingerprint density at radius 3 is 2.56 bits per heavy atom. The molecule has 0 saturated carbocycles. The number of hydrogen-bond acceptors (Lipinski definition) is 10. The number of benzene rings is 2. The van der Waals surface area contributed by atoms with Crippen LogP contribution in [0.5, 0.6) is 0 Å². The fraction of sp³-hybridized carbons (Fsp3) is 0.261. The number of fused-ring (bicyclic) bond motifs is 1. The first-order chi connectivity index (χ1) is 18.8. The molecule has 0 aliphatic carbocycles. The molecule has 16 heteroatoms. The summed E-state index contributed by atoms with van der Waals surface area (Å²) in [5.74, 6) is -4.29. The molecule has 0 amide bonds. The third-order valence-electron chi connectivity index (χ3n) is 6.51. The number of halogens is 4. The normalized spacial score (nSPS) is 23.5. The average Bonchev–Trinajstić information content (AvgIpc) is 3.68. The number of aromatic nitrogens is 7. The van der Waals surface area contributed by atoms with Crippen molar-refractivity contribution in [3.8, 4) is 16.9 Å². The topological polar surface area (TPSA) is 144 Å². The molecular formula is C23H17ClF3N7O4S. The van der Waals surface area contributed by atoms with E-state index in [0.29, 0.717) is 10.8 Å². The number of nitrogens with zero attached hydrogens (tertiary/aromatic N) is 7. The van der Waals surface area contributed by atoms with Crippen LogP contribution in [0.4, 0.5) is 13.2 Å². The largest absolute Gasteiger partial charge is 0.394 e. The molecule has 2 aromatic carbocycles. The maximum Gasteiger partial charge on any atom is 0.194 e. The number of ether oxygens (including phenoxy) is 1. The summed E-state index contributed by atoms with van der Waals surface area (Å²) >= 11 is 7.31. The molecular weight excluding hydrogens is 563 g/mol. The second-order valence-corrected chi connectivity index (χ2v) is 9.96. The first-order valence-corrected chi connectivity index (χ1v) is 12.6. The quantitative estimate of drug-likeness (QED) is 0.268. The summed E-state index contributed by atoms with van der Waals surface area (Å²) in [4.78, 5) is 0. The van der Waals surface area contributed by atoms with Gasteiger partial charge in [0.25, 0.3) is 0 Å². The maximum atomic E-state index is 13.8. The number of aliphatic hydroxyl groups is 3. The summed E-state index contributed by atoms with van der Waals surface area (Å²) in [5.41, 5.74) is 0.461. The van der Waals surface area contributed by atoms with Gasteiger partial charge in [-0.15, -0.1) is 15.3 Å². The predicted molar refractivity (Wildman–Crippen MR) is 131 cm³/mol. The third-order valence-corrected chi connectivity index (χ3v) is 7.70. The molecule has 0 radical (unpaired) electrons. The van der Waals surface area contributed by atoms with E-state index in [1.165, 1.54) is 24.1 Å². The van der Waals surface area contributed by atoms with Crippen LogP contribution in [0.1, 0.15) is 18.0 Å². The van der Waals surface area contributed by atoms with Crippen LogP contribution >= 0.6 is 23.1 Å². The molecule has 0 bridgehead atoms. The van der Waals surface area contributed by atoms with Gasteiger partial charge in [0.2, 0.25) is 0 Å². The van der Waals surface area contributed by atoms with E-state index in [9.17, 15) is 28.5 Å². The van der Waals surface area contributed by atoms with Crippen LogP contribution in [0.15, 0.2) is 42.9 Å². The molecule has 5 atom stereocenters. The molecule has 39 heavy (non-hydrogen) atoms. The van der Waals surface area contributed by atoms with E-state index in [1.807, 2.05) is 6.07 Å². The smallest absolute Gasteiger partial charge is 0.194 e. The molecule has 3 N–H and O–H groups in total. The summed E-state index contributed by atoms with van der Waals surface area (Å²) in [6, 6.07) is 5.61. The van der Waals surface area contributed by atoms with Gasteiger partial charge in [-0.25, -0.2) is 17.9 Å². The van der Waals surface area contributed by atoms with Crippen molar-refractivity contribution >= 4 is 33.2 Å². The van der Waals surface area contributed by atoms with Crippen molar-refractivity contribution in [3.63, 3.8) is 0 Å². The molecule has 1 saturated heterocycles.